The Bertz CT molecular complexity index is 736. The number of hydrogen-bond donors (Lipinski definition) is 3. The second-order valence-corrected chi connectivity index (χ2v) is 6.88. The highest BCUT2D eigenvalue weighted by molar-refractivity contribution is 7.93. The van der Waals surface area contributed by atoms with Crippen LogP contribution in [0.15, 0.2) is 45.1 Å². The lowest BCUT2D eigenvalue weighted by Gasteiger charge is -2.28. The van der Waals surface area contributed by atoms with E-state index in [4.69, 9.17) is 21.2 Å². The van der Waals surface area contributed by atoms with Gasteiger partial charge in [-0.3, -0.25) is 0 Å². The average Bonchev–Trinajstić information content (AvgIpc) is 2.91. The minimum Gasteiger partial charge on any atom is -0.478 e. The summed E-state index contributed by atoms with van der Waals surface area (Å²) in [5.41, 5.74) is 0.149. The number of primary sulfonamides is 1. The number of aliphatic carboxylic acids is 1. The highest BCUT2D eigenvalue weighted by Crippen LogP contribution is 2.34. The molecular formula is C13H15ClN2O5S. The largest absolute Gasteiger partial charge is 0.478 e. The Morgan fingerprint density at radius 2 is 2.23 bits per heavy atom. The quantitative estimate of drug-likeness (QED) is 0.687. The molecule has 9 heteroatoms. The lowest BCUT2D eigenvalue weighted by atomic mass is 9.92. The number of carboxylic acid groups (broad SMARTS) is 1. The second-order valence-electron chi connectivity index (χ2n) is 4.85. The minimum absolute atomic E-state index is 0.181. The van der Waals surface area contributed by atoms with Crippen molar-refractivity contribution < 1.29 is 22.7 Å². The third-order valence-electron chi connectivity index (χ3n) is 3.34. The number of furan rings is 1. The molecule has 0 saturated heterocycles. The SMILES string of the molecule is CC1C(NCc2ccco2)=C(C(=O)O)C=C(S(N)(=O)=O)C1Cl. The molecule has 0 aromatic carbocycles. The van der Waals surface area contributed by atoms with Crippen LogP contribution in [0.5, 0.6) is 0 Å². The summed E-state index contributed by atoms with van der Waals surface area (Å²) >= 11 is 6.13. The molecule has 7 nitrogen and oxygen atoms in total. The standard InChI is InChI=1S/C13H15ClN2O5S/c1-7-11(14)10(22(15,19)20)5-9(13(17)18)12(7)16-6-8-3-2-4-21-8/h2-5,7,11,16H,6H2,1H3,(H,17,18)(H2,15,19,20). The fourth-order valence-electron chi connectivity index (χ4n) is 2.21. The van der Waals surface area contributed by atoms with Crippen molar-refractivity contribution in [3.05, 3.63) is 46.4 Å². The summed E-state index contributed by atoms with van der Waals surface area (Å²) in [7, 11) is -4.07. The van der Waals surface area contributed by atoms with Gasteiger partial charge in [-0.1, -0.05) is 6.92 Å². The first-order valence-corrected chi connectivity index (χ1v) is 8.32. The van der Waals surface area contributed by atoms with Crippen LogP contribution in [0.3, 0.4) is 0 Å². The first-order valence-electron chi connectivity index (χ1n) is 6.34. The van der Waals surface area contributed by atoms with E-state index in [1.165, 1.54) is 6.26 Å². The van der Waals surface area contributed by atoms with Gasteiger partial charge in [0.1, 0.15) is 5.76 Å². The first kappa shape index (κ1) is 16.6. The number of rotatable bonds is 5. The molecular weight excluding hydrogens is 332 g/mol. The molecule has 22 heavy (non-hydrogen) atoms. The van der Waals surface area contributed by atoms with Crippen molar-refractivity contribution in [3.63, 3.8) is 0 Å². The number of nitrogens with two attached hydrogens (primary N) is 1. The fourth-order valence-corrected chi connectivity index (χ4v) is 3.57. The van der Waals surface area contributed by atoms with Gasteiger partial charge in [0.2, 0.25) is 10.0 Å². The van der Waals surface area contributed by atoms with Gasteiger partial charge in [0.25, 0.3) is 0 Å². The van der Waals surface area contributed by atoms with Crippen LogP contribution in [0, 0.1) is 5.92 Å². The van der Waals surface area contributed by atoms with E-state index in [1.54, 1.807) is 19.1 Å². The lowest BCUT2D eigenvalue weighted by molar-refractivity contribution is -0.132. The molecule has 0 amide bonds. The second kappa shape index (κ2) is 6.15. The van der Waals surface area contributed by atoms with Crippen molar-refractivity contribution in [3.8, 4) is 0 Å². The van der Waals surface area contributed by atoms with Crippen molar-refractivity contribution in [1.82, 2.24) is 5.32 Å². The fraction of sp³-hybridized carbons (Fsp3) is 0.308. The van der Waals surface area contributed by atoms with E-state index in [-0.39, 0.29) is 17.0 Å². The third kappa shape index (κ3) is 3.34. The van der Waals surface area contributed by atoms with Crippen LogP contribution in [0.2, 0.25) is 0 Å². The monoisotopic (exact) mass is 346 g/mol. The number of allylic oxidation sites excluding steroid dienone is 2. The zero-order chi connectivity index (χ0) is 16.5. The van der Waals surface area contributed by atoms with Crippen LogP contribution in [0.1, 0.15) is 12.7 Å². The number of carbonyl (C=O) groups is 1. The Balaban J connectivity index is 2.41. The van der Waals surface area contributed by atoms with Gasteiger partial charge in [-0.05, 0) is 18.2 Å². The number of hydrogen-bond acceptors (Lipinski definition) is 5. The van der Waals surface area contributed by atoms with Gasteiger partial charge in [0, 0.05) is 11.6 Å². The zero-order valence-electron chi connectivity index (χ0n) is 11.6. The van der Waals surface area contributed by atoms with Crippen LogP contribution in [0.4, 0.5) is 0 Å². The van der Waals surface area contributed by atoms with E-state index in [9.17, 15) is 18.3 Å². The molecule has 1 aromatic rings. The number of halogens is 1. The van der Waals surface area contributed by atoms with Crippen molar-refractivity contribution >= 4 is 27.6 Å². The summed E-state index contributed by atoms with van der Waals surface area (Å²) in [6.07, 6.45) is 2.50. The Kier molecular flexibility index (Phi) is 4.64. The van der Waals surface area contributed by atoms with Crippen LogP contribution < -0.4 is 10.5 Å². The van der Waals surface area contributed by atoms with Crippen molar-refractivity contribution in [2.75, 3.05) is 0 Å². The van der Waals surface area contributed by atoms with Crippen molar-refractivity contribution in [2.45, 2.75) is 18.8 Å². The summed E-state index contributed by atoms with van der Waals surface area (Å²) in [6, 6.07) is 3.43. The van der Waals surface area contributed by atoms with E-state index in [2.05, 4.69) is 5.32 Å². The van der Waals surface area contributed by atoms with Gasteiger partial charge in [-0.2, -0.15) is 0 Å². The van der Waals surface area contributed by atoms with E-state index in [1.807, 2.05) is 0 Å². The van der Waals surface area contributed by atoms with Crippen LogP contribution >= 0.6 is 11.6 Å². The Morgan fingerprint density at radius 1 is 1.55 bits per heavy atom. The number of alkyl halides is 1. The molecule has 2 rings (SSSR count). The van der Waals surface area contributed by atoms with Gasteiger partial charge in [0.15, 0.2) is 0 Å². The van der Waals surface area contributed by atoms with Gasteiger partial charge in [0.05, 0.1) is 28.7 Å². The number of nitrogens with one attached hydrogen (secondary N) is 1. The first-order chi connectivity index (χ1) is 10.2. The number of carboxylic acids is 1. The molecule has 0 radical (unpaired) electrons. The third-order valence-corrected chi connectivity index (χ3v) is 5.11. The summed E-state index contributed by atoms with van der Waals surface area (Å²) in [5, 5.41) is 16.4. The summed E-state index contributed by atoms with van der Waals surface area (Å²) in [5.74, 6) is -1.23. The number of sulfonamides is 1. The summed E-state index contributed by atoms with van der Waals surface area (Å²) in [4.78, 5) is 11.1. The molecule has 0 spiro atoms. The van der Waals surface area contributed by atoms with Gasteiger partial charge in [-0.15, -0.1) is 11.6 Å². The van der Waals surface area contributed by atoms with Crippen LogP contribution in [-0.2, 0) is 21.4 Å². The molecule has 4 N–H and O–H groups in total. The molecule has 0 bridgehead atoms. The van der Waals surface area contributed by atoms with E-state index in [0.717, 1.165) is 6.08 Å². The van der Waals surface area contributed by atoms with Gasteiger partial charge in [-0.25, -0.2) is 18.4 Å². The van der Waals surface area contributed by atoms with Gasteiger partial charge < -0.3 is 14.8 Å². The normalized spacial score (nSPS) is 22.4. The lowest BCUT2D eigenvalue weighted by Crippen LogP contribution is -2.35. The summed E-state index contributed by atoms with van der Waals surface area (Å²) in [6.45, 7) is 1.88. The van der Waals surface area contributed by atoms with Crippen LogP contribution in [0.25, 0.3) is 0 Å². The molecule has 0 aliphatic heterocycles. The molecule has 1 heterocycles. The predicted octanol–water partition coefficient (Wildman–Crippen LogP) is 1.14. The molecule has 2 unspecified atom stereocenters. The molecule has 120 valence electrons. The smallest absolute Gasteiger partial charge is 0.337 e. The van der Waals surface area contributed by atoms with Gasteiger partial charge >= 0.3 is 5.97 Å². The Labute approximate surface area is 132 Å². The molecule has 0 saturated carbocycles. The highest BCUT2D eigenvalue weighted by atomic mass is 35.5. The minimum atomic E-state index is -4.07. The molecule has 0 fully saturated rings. The predicted molar refractivity (Wildman–Crippen MR) is 80.2 cm³/mol. The highest BCUT2D eigenvalue weighted by Gasteiger charge is 2.36. The summed E-state index contributed by atoms with van der Waals surface area (Å²) < 4.78 is 28.2. The topological polar surface area (TPSA) is 123 Å². The maximum absolute atomic E-state index is 11.5. The Morgan fingerprint density at radius 3 is 2.73 bits per heavy atom. The maximum Gasteiger partial charge on any atom is 0.337 e. The maximum atomic E-state index is 11.5. The van der Waals surface area contributed by atoms with E-state index in [0.29, 0.717) is 11.5 Å². The molecule has 1 aliphatic carbocycles. The zero-order valence-corrected chi connectivity index (χ0v) is 13.2. The van der Waals surface area contributed by atoms with Crippen LogP contribution in [-0.4, -0.2) is 24.9 Å². The molecule has 2 atom stereocenters. The molecule has 1 aromatic heterocycles. The average molecular weight is 347 g/mol. The van der Waals surface area contributed by atoms with E-state index >= 15 is 0 Å². The van der Waals surface area contributed by atoms with E-state index < -0.39 is 27.3 Å². The Hall–Kier alpha value is -1.77. The van der Waals surface area contributed by atoms with Crippen molar-refractivity contribution in [1.29, 1.82) is 0 Å². The molecule has 1 aliphatic rings. The van der Waals surface area contributed by atoms with Crippen molar-refractivity contribution in [2.24, 2.45) is 11.1 Å².